The SMILES string of the molecule is Cc1nn(C2CCN(CC(C)C)CC2)cc1Nc1ncc(C(F)(F)F)c(NCCCN2CCCCCC2=O)n1. The van der Waals surface area contributed by atoms with E-state index in [9.17, 15) is 18.0 Å². The monoisotopic (exact) mass is 550 g/mol. The van der Waals surface area contributed by atoms with Gasteiger partial charge in [-0.1, -0.05) is 20.3 Å². The van der Waals surface area contributed by atoms with Gasteiger partial charge in [0.1, 0.15) is 11.4 Å². The Balaban J connectivity index is 1.39. The Hall–Kier alpha value is -2.89. The first kappa shape index (κ1) is 29.1. The normalized spacial score (nSPS) is 18.0. The number of carbonyl (C=O) groups is 1. The fraction of sp³-hybridized carbons (Fsp3) is 0.704. The minimum Gasteiger partial charge on any atom is -0.369 e. The Bertz CT molecular complexity index is 1100. The van der Waals surface area contributed by atoms with E-state index in [4.69, 9.17) is 0 Å². The lowest BCUT2D eigenvalue weighted by Gasteiger charge is -2.33. The fourth-order valence-electron chi connectivity index (χ4n) is 5.33. The second kappa shape index (κ2) is 13.0. The Morgan fingerprint density at radius 2 is 1.90 bits per heavy atom. The third-order valence-corrected chi connectivity index (χ3v) is 7.38. The number of rotatable bonds is 10. The van der Waals surface area contributed by atoms with Gasteiger partial charge in [0.2, 0.25) is 11.9 Å². The minimum absolute atomic E-state index is 0.0719. The molecular weight excluding hydrogens is 509 g/mol. The van der Waals surface area contributed by atoms with Gasteiger partial charge < -0.3 is 20.4 Å². The third kappa shape index (κ3) is 8.06. The molecule has 9 nitrogen and oxygen atoms in total. The Kier molecular flexibility index (Phi) is 9.68. The van der Waals surface area contributed by atoms with Crippen molar-refractivity contribution in [3.63, 3.8) is 0 Å². The van der Waals surface area contributed by atoms with Gasteiger partial charge in [-0.2, -0.15) is 23.3 Å². The van der Waals surface area contributed by atoms with E-state index in [2.05, 4.69) is 44.4 Å². The van der Waals surface area contributed by atoms with Crippen molar-refractivity contribution in [1.29, 1.82) is 0 Å². The van der Waals surface area contributed by atoms with Crippen molar-refractivity contribution in [3.8, 4) is 0 Å². The van der Waals surface area contributed by atoms with Gasteiger partial charge in [-0.3, -0.25) is 9.48 Å². The number of nitrogens with one attached hydrogen (secondary N) is 2. The second-order valence-corrected chi connectivity index (χ2v) is 11.1. The Morgan fingerprint density at radius 3 is 2.62 bits per heavy atom. The molecule has 2 aromatic rings. The number of hydrogen-bond acceptors (Lipinski definition) is 7. The molecule has 12 heteroatoms. The average Bonchev–Trinajstić information content (AvgIpc) is 3.10. The standard InChI is InChI=1S/C27H41F3N8O/c1-19(2)17-36-14-9-21(10-15-36)38-18-23(20(3)35-38)33-26-32-16-22(27(28,29)30)25(34-26)31-11-7-13-37-12-6-4-5-8-24(37)39/h16,18-19,21H,4-15,17H2,1-3H3,(H2,31,32,33,34). The number of anilines is 3. The summed E-state index contributed by atoms with van der Waals surface area (Å²) in [7, 11) is 0. The summed E-state index contributed by atoms with van der Waals surface area (Å²) < 4.78 is 42.9. The maximum absolute atomic E-state index is 13.7. The lowest BCUT2D eigenvalue weighted by atomic mass is 10.0. The van der Waals surface area contributed by atoms with Crippen LogP contribution in [0.15, 0.2) is 12.4 Å². The van der Waals surface area contributed by atoms with E-state index in [0.29, 0.717) is 37.5 Å². The molecule has 0 atom stereocenters. The van der Waals surface area contributed by atoms with Crippen LogP contribution < -0.4 is 10.6 Å². The van der Waals surface area contributed by atoms with Crippen molar-refractivity contribution < 1.29 is 18.0 Å². The molecule has 0 spiro atoms. The van der Waals surface area contributed by atoms with E-state index in [1.54, 1.807) is 4.90 Å². The highest BCUT2D eigenvalue weighted by Gasteiger charge is 2.35. The number of amides is 1. The van der Waals surface area contributed by atoms with Crippen molar-refractivity contribution in [2.75, 3.05) is 49.9 Å². The summed E-state index contributed by atoms with van der Waals surface area (Å²) in [6.45, 7) is 10.9. The van der Waals surface area contributed by atoms with Crippen LogP contribution in [-0.4, -0.2) is 74.7 Å². The second-order valence-electron chi connectivity index (χ2n) is 11.1. The van der Waals surface area contributed by atoms with Gasteiger partial charge in [-0.05, 0) is 44.9 Å². The van der Waals surface area contributed by atoms with Crippen LogP contribution in [0.4, 0.5) is 30.6 Å². The van der Waals surface area contributed by atoms with Gasteiger partial charge in [0.15, 0.2) is 0 Å². The first-order valence-corrected chi connectivity index (χ1v) is 14.1. The number of aryl methyl sites for hydroxylation is 1. The van der Waals surface area contributed by atoms with Gasteiger partial charge in [-0.25, -0.2) is 4.98 Å². The molecule has 216 valence electrons. The average molecular weight is 551 g/mol. The van der Waals surface area contributed by atoms with Crippen molar-refractivity contribution >= 4 is 23.4 Å². The number of alkyl halides is 3. The topological polar surface area (TPSA) is 91.2 Å². The fourth-order valence-corrected chi connectivity index (χ4v) is 5.33. The lowest BCUT2D eigenvalue weighted by Crippen LogP contribution is -2.37. The smallest absolute Gasteiger partial charge is 0.369 e. The summed E-state index contributed by atoms with van der Waals surface area (Å²) in [5.74, 6) is 0.553. The molecule has 2 aliphatic rings. The number of nitrogens with zero attached hydrogens (tertiary/aromatic N) is 6. The molecule has 4 heterocycles. The molecule has 2 saturated heterocycles. The summed E-state index contributed by atoms with van der Waals surface area (Å²) in [5, 5.41) is 10.6. The molecule has 2 aliphatic heterocycles. The maximum Gasteiger partial charge on any atom is 0.421 e. The zero-order valence-electron chi connectivity index (χ0n) is 23.2. The predicted molar refractivity (Wildman–Crippen MR) is 145 cm³/mol. The van der Waals surface area contributed by atoms with E-state index in [1.807, 2.05) is 17.8 Å². The van der Waals surface area contributed by atoms with Gasteiger partial charge in [0.05, 0.1) is 17.4 Å². The van der Waals surface area contributed by atoms with E-state index < -0.39 is 11.7 Å². The van der Waals surface area contributed by atoms with Crippen LogP contribution in [0, 0.1) is 12.8 Å². The Labute approximate surface area is 228 Å². The zero-order chi connectivity index (χ0) is 28.0. The molecule has 2 fully saturated rings. The molecule has 0 bridgehead atoms. The zero-order valence-corrected chi connectivity index (χ0v) is 23.2. The number of aromatic nitrogens is 4. The molecule has 39 heavy (non-hydrogen) atoms. The molecule has 0 aliphatic carbocycles. The van der Waals surface area contributed by atoms with Crippen LogP contribution >= 0.6 is 0 Å². The van der Waals surface area contributed by atoms with Crippen LogP contribution in [0.5, 0.6) is 0 Å². The summed E-state index contributed by atoms with van der Waals surface area (Å²) in [6, 6.07) is 0.282. The highest BCUT2D eigenvalue weighted by molar-refractivity contribution is 5.76. The highest BCUT2D eigenvalue weighted by Crippen LogP contribution is 2.34. The molecule has 2 N–H and O–H groups in total. The summed E-state index contributed by atoms with van der Waals surface area (Å²) >= 11 is 0. The number of likely N-dealkylation sites (tertiary alicyclic amines) is 2. The number of hydrogen-bond donors (Lipinski definition) is 2. The Morgan fingerprint density at radius 1 is 1.13 bits per heavy atom. The van der Waals surface area contributed by atoms with E-state index in [0.717, 1.165) is 63.6 Å². The first-order chi connectivity index (χ1) is 18.6. The number of piperidine rings is 1. The largest absolute Gasteiger partial charge is 0.421 e. The minimum atomic E-state index is -4.59. The van der Waals surface area contributed by atoms with Crippen LogP contribution in [-0.2, 0) is 11.0 Å². The van der Waals surface area contributed by atoms with Crippen molar-refractivity contribution in [3.05, 3.63) is 23.7 Å². The molecule has 0 saturated carbocycles. The van der Waals surface area contributed by atoms with Crippen LogP contribution in [0.2, 0.25) is 0 Å². The molecule has 1 amide bonds. The van der Waals surface area contributed by atoms with Crippen LogP contribution in [0.25, 0.3) is 0 Å². The van der Waals surface area contributed by atoms with Crippen LogP contribution in [0.1, 0.15) is 76.1 Å². The molecule has 0 radical (unpaired) electrons. The summed E-state index contributed by atoms with van der Waals surface area (Å²) in [6.07, 6.45) is 4.07. The van der Waals surface area contributed by atoms with Gasteiger partial charge >= 0.3 is 6.18 Å². The van der Waals surface area contributed by atoms with E-state index >= 15 is 0 Å². The first-order valence-electron chi connectivity index (χ1n) is 14.1. The quantitative estimate of drug-likeness (QED) is 0.391. The summed E-state index contributed by atoms with van der Waals surface area (Å²) in [4.78, 5) is 24.6. The molecule has 2 aromatic heterocycles. The van der Waals surface area contributed by atoms with E-state index in [-0.39, 0.29) is 30.3 Å². The highest BCUT2D eigenvalue weighted by atomic mass is 19.4. The number of carbonyl (C=O) groups excluding carboxylic acids is 1. The van der Waals surface area contributed by atoms with Gasteiger partial charge in [-0.15, -0.1) is 0 Å². The van der Waals surface area contributed by atoms with Gasteiger partial charge in [0.25, 0.3) is 0 Å². The molecule has 0 unspecified atom stereocenters. The summed E-state index contributed by atoms with van der Waals surface area (Å²) in [5.41, 5.74) is 0.490. The van der Waals surface area contributed by atoms with Crippen molar-refractivity contribution in [2.45, 2.75) is 77.9 Å². The van der Waals surface area contributed by atoms with E-state index in [1.165, 1.54) is 0 Å². The van der Waals surface area contributed by atoms with Crippen molar-refractivity contribution in [2.24, 2.45) is 5.92 Å². The maximum atomic E-state index is 13.7. The number of halogens is 3. The lowest BCUT2D eigenvalue weighted by molar-refractivity contribution is -0.137. The molecular formula is C27H41F3N8O. The predicted octanol–water partition coefficient (Wildman–Crippen LogP) is 5.24. The molecule has 0 aromatic carbocycles. The van der Waals surface area contributed by atoms with Gasteiger partial charge in [0, 0.05) is 58.1 Å². The van der Waals surface area contributed by atoms with Crippen LogP contribution in [0.3, 0.4) is 0 Å². The molecule has 4 rings (SSSR count). The third-order valence-electron chi connectivity index (χ3n) is 7.38. The van der Waals surface area contributed by atoms with Crippen molar-refractivity contribution in [1.82, 2.24) is 29.5 Å².